The molecular formula is C19H17F2N3O3. The molecular weight excluding hydrogens is 356 g/mol. The SMILES string of the molecule is COc1ccc(OC)c(-c2cc(C(=O)Nc3ccc(F)cc3F)nn2C)c1. The fourth-order valence-corrected chi connectivity index (χ4v) is 2.62. The highest BCUT2D eigenvalue weighted by molar-refractivity contribution is 6.03. The number of hydrogen-bond donors (Lipinski definition) is 1. The highest BCUT2D eigenvalue weighted by Gasteiger charge is 2.18. The number of nitrogens with zero attached hydrogens (tertiary/aromatic N) is 2. The van der Waals surface area contributed by atoms with E-state index < -0.39 is 17.5 Å². The van der Waals surface area contributed by atoms with E-state index in [2.05, 4.69) is 10.4 Å². The molecule has 1 N–H and O–H groups in total. The molecule has 0 fully saturated rings. The first-order chi connectivity index (χ1) is 12.9. The van der Waals surface area contributed by atoms with Gasteiger partial charge in [-0.2, -0.15) is 5.10 Å². The number of rotatable bonds is 5. The zero-order valence-corrected chi connectivity index (χ0v) is 14.9. The quantitative estimate of drug-likeness (QED) is 0.742. The van der Waals surface area contributed by atoms with Gasteiger partial charge < -0.3 is 14.8 Å². The lowest BCUT2D eigenvalue weighted by Gasteiger charge is -2.10. The summed E-state index contributed by atoms with van der Waals surface area (Å²) < 4.78 is 38.8. The summed E-state index contributed by atoms with van der Waals surface area (Å²) in [6, 6.07) is 9.71. The highest BCUT2D eigenvalue weighted by atomic mass is 19.1. The second-order valence-corrected chi connectivity index (χ2v) is 5.68. The van der Waals surface area contributed by atoms with Crippen LogP contribution < -0.4 is 14.8 Å². The minimum atomic E-state index is -0.867. The van der Waals surface area contributed by atoms with Crippen molar-refractivity contribution in [2.24, 2.45) is 7.05 Å². The molecule has 0 spiro atoms. The maximum absolute atomic E-state index is 13.7. The van der Waals surface area contributed by atoms with Crippen molar-refractivity contribution in [2.75, 3.05) is 19.5 Å². The van der Waals surface area contributed by atoms with E-state index in [1.807, 2.05) is 0 Å². The van der Waals surface area contributed by atoms with Crippen LogP contribution in [-0.4, -0.2) is 29.9 Å². The third kappa shape index (κ3) is 3.74. The Balaban J connectivity index is 1.93. The zero-order chi connectivity index (χ0) is 19.6. The van der Waals surface area contributed by atoms with Gasteiger partial charge in [0.1, 0.15) is 23.1 Å². The van der Waals surface area contributed by atoms with Crippen LogP contribution in [0.25, 0.3) is 11.3 Å². The Kier molecular flexibility index (Phi) is 5.07. The van der Waals surface area contributed by atoms with Crippen LogP contribution in [-0.2, 0) is 7.05 Å². The summed E-state index contributed by atoms with van der Waals surface area (Å²) in [6.45, 7) is 0. The summed E-state index contributed by atoms with van der Waals surface area (Å²) in [5, 5.41) is 6.56. The number of aryl methyl sites for hydroxylation is 1. The van der Waals surface area contributed by atoms with Gasteiger partial charge >= 0.3 is 0 Å². The summed E-state index contributed by atoms with van der Waals surface area (Å²) in [7, 11) is 4.75. The Hall–Kier alpha value is -3.42. The van der Waals surface area contributed by atoms with Crippen molar-refractivity contribution in [1.29, 1.82) is 0 Å². The van der Waals surface area contributed by atoms with Crippen molar-refractivity contribution in [1.82, 2.24) is 9.78 Å². The molecule has 0 bridgehead atoms. The molecule has 2 aromatic carbocycles. The number of hydrogen-bond acceptors (Lipinski definition) is 4. The minimum absolute atomic E-state index is 0.0705. The number of nitrogens with one attached hydrogen (secondary N) is 1. The van der Waals surface area contributed by atoms with E-state index >= 15 is 0 Å². The smallest absolute Gasteiger partial charge is 0.276 e. The van der Waals surface area contributed by atoms with E-state index in [1.54, 1.807) is 38.4 Å². The lowest BCUT2D eigenvalue weighted by Crippen LogP contribution is -2.14. The van der Waals surface area contributed by atoms with E-state index in [0.717, 1.165) is 12.1 Å². The van der Waals surface area contributed by atoms with Crippen LogP contribution in [0.4, 0.5) is 14.5 Å². The maximum Gasteiger partial charge on any atom is 0.276 e. The Morgan fingerprint density at radius 1 is 1.07 bits per heavy atom. The van der Waals surface area contributed by atoms with Gasteiger partial charge in [0, 0.05) is 18.7 Å². The average molecular weight is 373 g/mol. The lowest BCUT2D eigenvalue weighted by atomic mass is 10.1. The third-order valence-corrected chi connectivity index (χ3v) is 3.97. The summed E-state index contributed by atoms with van der Waals surface area (Å²) in [6.07, 6.45) is 0. The molecule has 8 heteroatoms. The number of benzene rings is 2. The van der Waals surface area contributed by atoms with E-state index in [9.17, 15) is 13.6 Å². The van der Waals surface area contributed by atoms with Gasteiger partial charge in [-0.3, -0.25) is 9.48 Å². The molecule has 0 aliphatic heterocycles. The fourth-order valence-electron chi connectivity index (χ4n) is 2.62. The molecule has 0 aliphatic carbocycles. The minimum Gasteiger partial charge on any atom is -0.497 e. The van der Waals surface area contributed by atoms with E-state index in [-0.39, 0.29) is 11.4 Å². The van der Waals surface area contributed by atoms with Crippen LogP contribution in [0.15, 0.2) is 42.5 Å². The van der Waals surface area contributed by atoms with Gasteiger partial charge in [-0.15, -0.1) is 0 Å². The van der Waals surface area contributed by atoms with Crippen molar-refractivity contribution in [3.05, 3.63) is 59.8 Å². The molecule has 1 aromatic heterocycles. The molecule has 1 amide bonds. The first-order valence-corrected chi connectivity index (χ1v) is 7.95. The Bertz CT molecular complexity index is 1000. The second kappa shape index (κ2) is 7.45. The van der Waals surface area contributed by atoms with E-state index in [0.29, 0.717) is 28.8 Å². The Morgan fingerprint density at radius 2 is 1.85 bits per heavy atom. The largest absolute Gasteiger partial charge is 0.497 e. The lowest BCUT2D eigenvalue weighted by molar-refractivity contribution is 0.102. The summed E-state index contributed by atoms with van der Waals surface area (Å²) in [5.41, 5.74) is 1.23. The Morgan fingerprint density at radius 3 is 2.52 bits per heavy atom. The van der Waals surface area contributed by atoms with Gasteiger partial charge in [-0.25, -0.2) is 8.78 Å². The number of aromatic nitrogens is 2. The third-order valence-electron chi connectivity index (χ3n) is 3.97. The molecule has 6 nitrogen and oxygen atoms in total. The molecule has 0 unspecified atom stereocenters. The predicted octanol–water partition coefficient (Wildman–Crippen LogP) is 3.63. The van der Waals surface area contributed by atoms with E-state index in [4.69, 9.17) is 9.47 Å². The molecule has 0 radical (unpaired) electrons. The van der Waals surface area contributed by atoms with Crippen molar-refractivity contribution >= 4 is 11.6 Å². The standard InChI is InChI=1S/C19H17F2N3O3/c1-24-17(13-9-12(26-2)5-7-18(13)27-3)10-16(23-24)19(25)22-15-6-4-11(20)8-14(15)21/h4-10H,1-3H3,(H,22,25). The topological polar surface area (TPSA) is 65.4 Å². The highest BCUT2D eigenvalue weighted by Crippen LogP contribution is 2.33. The van der Waals surface area contributed by atoms with Gasteiger partial charge in [0.2, 0.25) is 0 Å². The van der Waals surface area contributed by atoms with Crippen molar-refractivity contribution in [3.8, 4) is 22.8 Å². The van der Waals surface area contributed by atoms with Crippen LogP contribution in [0, 0.1) is 11.6 Å². The molecule has 0 atom stereocenters. The predicted molar refractivity (Wildman–Crippen MR) is 96.1 cm³/mol. The monoisotopic (exact) mass is 373 g/mol. The zero-order valence-electron chi connectivity index (χ0n) is 14.9. The number of methoxy groups -OCH3 is 2. The van der Waals surface area contributed by atoms with Crippen molar-refractivity contribution in [2.45, 2.75) is 0 Å². The van der Waals surface area contributed by atoms with Gasteiger partial charge in [0.05, 0.1) is 25.6 Å². The molecule has 140 valence electrons. The number of anilines is 1. The Labute approximate surface area is 154 Å². The normalized spacial score (nSPS) is 10.6. The molecule has 3 rings (SSSR count). The van der Waals surface area contributed by atoms with Crippen LogP contribution in [0.3, 0.4) is 0 Å². The van der Waals surface area contributed by atoms with Crippen LogP contribution in [0.2, 0.25) is 0 Å². The molecule has 0 aliphatic rings. The summed E-state index contributed by atoms with van der Waals surface area (Å²) in [4.78, 5) is 12.4. The van der Waals surface area contributed by atoms with Crippen LogP contribution in [0.5, 0.6) is 11.5 Å². The fraction of sp³-hybridized carbons (Fsp3) is 0.158. The number of halogens is 2. The number of carbonyl (C=O) groups is 1. The van der Waals surface area contributed by atoms with Gasteiger partial charge in [-0.1, -0.05) is 0 Å². The van der Waals surface area contributed by atoms with Crippen LogP contribution in [0.1, 0.15) is 10.5 Å². The maximum atomic E-state index is 13.7. The van der Waals surface area contributed by atoms with E-state index in [1.165, 1.54) is 11.8 Å². The van der Waals surface area contributed by atoms with Gasteiger partial charge in [0.25, 0.3) is 5.91 Å². The molecule has 0 saturated heterocycles. The first kappa shape index (κ1) is 18.4. The number of ether oxygens (including phenoxy) is 2. The first-order valence-electron chi connectivity index (χ1n) is 7.95. The van der Waals surface area contributed by atoms with Crippen molar-refractivity contribution in [3.63, 3.8) is 0 Å². The number of amides is 1. The molecule has 27 heavy (non-hydrogen) atoms. The average Bonchev–Trinajstić information content (AvgIpc) is 3.05. The van der Waals surface area contributed by atoms with Gasteiger partial charge in [0.15, 0.2) is 5.69 Å². The molecule has 0 saturated carbocycles. The summed E-state index contributed by atoms with van der Waals surface area (Å²) in [5.74, 6) is -1.02. The second-order valence-electron chi connectivity index (χ2n) is 5.68. The number of carbonyl (C=O) groups excluding carboxylic acids is 1. The van der Waals surface area contributed by atoms with Crippen molar-refractivity contribution < 1.29 is 23.0 Å². The van der Waals surface area contributed by atoms with Gasteiger partial charge in [-0.05, 0) is 36.4 Å². The molecule has 3 aromatic rings. The van der Waals surface area contributed by atoms with Crippen LogP contribution >= 0.6 is 0 Å². The summed E-state index contributed by atoms with van der Waals surface area (Å²) >= 11 is 0. The molecule has 1 heterocycles.